The smallest absolute Gasteiger partial charge is 0.272 e. The lowest BCUT2D eigenvalue weighted by atomic mass is 10.0. The van der Waals surface area contributed by atoms with Gasteiger partial charge in [0, 0.05) is 23.8 Å². The number of amides is 1. The Labute approximate surface area is 160 Å². The largest absolute Gasteiger partial charge is 0.354 e. The van der Waals surface area contributed by atoms with Gasteiger partial charge in [0.2, 0.25) is 0 Å². The molecular weight excluding hydrogens is 340 g/mol. The number of piperidine rings is 1. The van der Waals surface area contributed by atoms with E-state index in [9.17, 15) is 9.59 Å². The topological polar surface area (TPSA) is 78.1 Å². The van der Waals surface area contributed by atoms with Crippen LogP contribution in [0.4, 0.5) is 11.5 Å². The van der Waals surface area contributed by atoms with E-state index in [1.807, 2.05) is 13.0 Å². The molecule has 1 fully saturated rings. The molecule has 6 nitrogen and oxygen atoms in total. The van der Waals surface area contributed by atoms with Crippen molar-refractivity contribution in [3.05, 3.63) is 40.3 Å². The molecule has 3 rings (SSSR count). The first-order chi connectivity index (χ1) is 12.8. The zero-order valence-corrected chi connectivity index (χ0v) is 16.8. The molecule has 2 aromatic rings. The summed E-state index contributed by atoms with van der Waals surface area (Å²) in [7, 11) is 0. The Morgan fingerprint density at radius 1 is 1.26 bits per heavy atom. The van der Waals surface area contributed by atoms with E-state index in [1.165, 1.54) is 26.2 Å². The maximum Gasteiger partial charge on any atom is 0.272 e. The van der Waals surface area contributed by atoms with Crippen molar-refractivity contribution < 1.29 is 9.59 Å². The summed E-state index contributed by atoms with van der Waals surface area (Å²) < 4.78 is 0. The number of aryl methyl sites for hydroxylation is 2. The first-order valence-corrected chi connectivity index (χ1v) is 9.54. The molecule has 144 valence electrons. The average molecular weight is 368 g/mol. The van der Waals surface area contributed by atoms with Crippen molar-refractivity contribution in [3.63, 3.8) is 0 Å². The Kier molecular flexibility index (Phi) is 5.35. The number of H-pyrrole nitrogens is 1. The van der Waals surface area contributed by atoms with Crippen molar-refractivity contribution in [1.82, 2.24) is 9.97 Å². The van der Waals surface area contributed by atoms with E-state index in [4.69, 9.17) is 0 Å². The number of ketones is 1. The fourth-order valence-electron chi connectivity index (χ4n) is 4.05. The minimum atomic E-state index is -0.261. The van der Waals surface area contributed by atoms with Gasteiger partial charge in [-0.2, -0.15) is 0 Å². The molecule has 0 aromatic carbocycles. The Morgan fingerprint density at radius 3 is 2.59 bits per heavy atom. The van der Waals surface area contributed by atoms with Gasteiger partial charge < -0.3 is 15.2 Å². The highest BCUT2D eigenvalue weighted by molar-refractivity contribution is 6.07. The molecule has 0 radical (unpaired) electrons. The summed E-state index contributed by atoms with van der Waals surface area (Å²) in [5.41, 5.74) is 4.11. The SMILES string of the molecule is CC(=O)c1c(C)[nH]c(C(=O)Nc2cnc(N3CCCC[C@@H]3C)c(C)c2)c1C. The number of Topliss-reactive ketones (excluding diaryl/α,β-unsaturated/α-hetero) is 1. The van der Waals surface area contributed by atoms with Gasteiger partial charge in [0.1, 0.15) is 11.5 Å². The number of pyridine rings is 1. The van der Waals surface area contributed by atoms with Gasteiger partial charge in [-0.1, -0.05) is 0 Å². The van der Waals surface area contributed by atoms with Gasteiger partial charge in [0.15, 0.2) is 5.78 Å². The van der Waals surface area contributed by atoms with Crippen LogP contribution in [0.15, 0.2) is 12.3 Å². The molecule has 0 spiro atoms. The number of hydrogen-bond donors (Lipinski definition) is 2. The van der Waals surface area contributed by atoms with Gasteiger partial charge >= 0.3 is 0 Å². The first-order valence-electron chi connectivity index (χ1n) is 9.54. The van der Waals surface area contributed by atoms with Gasteiger partial charge in [0.25, 0.3) is 5.91 Å². The van der Waals surface area contributed by atoms with Crippen molar-refractivity contribution in [2.45, 2.75) is 59.9 Å². The van der Waals surface area contributed by atoms with Crippen LogP contribution in [-0.4, -0.2) is 34.2 Å². The second kappa shape index (κ2) is 7.55. The second-order valence-electron chi connectivity index (χ2n) is 7.54. The summed E-state index contributed by atoms with van der Waals surface area (Å²) in [6, 6.07) is 2.44. The second-order valence-corrected chi connectivity index (χ2v) is 7.54. The van der Waals surface area contributed by atoms with Gasteiger partial charge in [-0.25, -0.2) is 4.98 Å². The number of hydrogen-bond acceptors (Lipinski definition) is 4. The Bertz CT molecular complexity index is 885. The van der Waals surface area contributed by atoms with Gasteiger partial charge in [0.05, 0.1) is 11.9 Å². The van der Waals surface area contributed by atoms with Crippen LogP contribution in [0.3, 0.4) is 0 Å². The van der Waals surface area contributed by atoms with E-state index in [0.717, 1.165) is 17.9 Å². The Morgan fingerprint density at radius 2 is 2.00 bits per heavy atom. The average Bonchev–Trinajstić information content (AvgIpc) is 2.90. The zero-order chi connectivity index (χ0) is 19.7. The van der Waals surface area contributed by atoms with Crippen molar-refractivity contribution in [3.8, 4) is 0 Å². The molecule has 1 amide bonds. The van der Waals surface area contributed by atoms with E-state index in [0.29, 0.717) is 34.2 Å². The molecule has 3 heterocycles. The molecule has 1 saturated heterocycles. The van der Waals surface area contributed by atoms with Crippen LogP contribution in [0, 0.1) is 20.8 Å². The molecular formula is C21H28N4O2. The summed E-state index contributed by atoms with van der Waals surface area (Å²) in [6.45, 7) is 10.4. The van der Waals surface area contributed by atoms with E-state index in [-0.39, 0.29) is 11.7 Å². The standard InChI is InChI=1S/C21H28N4O2/c1-12-10-17(11-22-20(12)25-9-7-6-8-13(25)2)24-21(27)19-14(3)18(16(5)26)15(4)23-19/h10-11,13,23H,6-9H2,1-5H3,(H,24,27)/t13-/m0/s1. The lowest BCUT2D eigenvalue weighted by Gasteiger charge is -2.35. The highest BCUT2D eigenvalue weighted by atomic mass is 16.2. The third-order valence-electron chi connectivity index (χ3n) is 5.40. The Balaban J connectivity index is 1.80. The normalized spacial score (nSPS) is 17.1. The highest BCUT2D eigenvalue weighted by Crippen LogP contribution is 2.27. The van der Waals surface area contributed by atoms with E-state index in [1.54, 1.807) is 20.0 Å². The minimum absolute atomic E-state index is 0.0437. The molecule has 6 heteroatoms. The molecule has 27 heavy (non-hydrogen) atoms. The predicted molar refractivity (Wildman–Crippen MR) is 108 cm³/mol. The van der Waals surface area contributed by atoms with Crippen LogP contribution in [-0.2, 0) is 0 Å². The van der Waals surface area contributed by atoms with Crippen LogP contribution < -0.4 is 10.2 Å². The number of carbonyl (C=O) groups is 2. The lowest BCUT2D eigenvalue weighted by Crippen LogP contribution is -2.38. The molecule has 2 N–H and O–H groups in total. The fraction of sp³-hybridized carbons (Fsp3) is 0.476. The number of aromatic amines is 1. The Hall–Kier alpha value is -2.63. The van der Waals surface area contributed by atoms with Gasteiger partial charge in [-0.05, 0) is 71.1 Å². The molecule has 1 aliphatic heterocycles. The van der Waals surface area contributed by atoms with Crippen LogP contribution in [0.2, 0.25) is 0 Å². The fourth-order valence-corrected chi connectivity index (χ4v) is 4.05. The number of anilines is 2. The van der Waals surface area contributed by atoms with E-state index >= 15 is 0 Å². The summed E-state index contributed by atoms with van der Waals surface area (Å²) in [5, 5.41) is 2.90. The molecule has 1 aliphatic rings. The van der Waals surface area contributed by atoms with E-state index in [2.05, 4.69) is 27.1 Å². The third-order valence-corrected chi connectivity index (χ3v) is 5.40. The molecule has 1 atom stereocenters. The quantitative estimate of drug-likeness (QED) is 0.794. The predicted octanol–water partition coefficient (Wildman–Crippen LogP) is 4.17. The van der Waals surface area contributed by atoms with Crippen LogP contribution in [0.5, 0.6) is 0 Å². The molecule has 0 aliphatic carbocycles. The van der Waals surface area contributed by atoms with Crippen molar-refractivity contribution in [2.75, 3.05) is 16.8 Å². The van der Waals surface area contributed by atoms with Crippen molar-refractivity contribution in [2.24, 2.45) is 0 Å². The molecule has 0 bridgehead atoms. The van der Waals surface area contributed by atoms with Gasteiger partial charge in [-0.15, -0.1) is 0 Å². The third kappa shape index (κ3) is 3.75. The number of aromatic nitrogens is 2. The van der Waals surface area contributed by atoms with Gasteiger partial charge in [-0.3, -0.25) is 9.59 Å². The molecule has 2 aromatic heterocycles. The summed E-state index contributed by atoms with van der Waals surface area (Å²) >= 11 is 0. The van der Waals surface area contributed by atoms with Crippen molar-refractivity contribution >= 4 is 23.2 Å². The van der Waals surface area contributed by atoms with Crippen LogP contribution in [0.25, 0.3) is 0 Å². The maximum atomic E-state index is 12.7. The van der Waals surface area contributed by atoms with E-state index < -0.39 is 0 Å². The zero-order valence-electron chi connectivity index (χ0n) is 16.8. The molecule has 0 unspecified atom stereocenters. The lowest BCUT2D eigenvalue weighted by molar-refractivity contribution is 0.101. The minimum Gasteiger partial charge on any atom is -0.354 e. The highest BCUT2D eigenvalue weighted by Gasteiger charge is 2.22. The van der Waals surface area contributed by atoms with Crippen LogP contribution >= 0.6 is 0 Å². The number of carbonyl (C=O) groups excluding carboxylic acids is 2. The summed E-state index contributed by atoms with van der Waals surface area (Å²) in [4.78, 5) is 34.5. The summed E-state index contributed by atoms with van der Waals surface area (Å²) in [6.07, 6.45) is 5.35. The maximum absolute atomic E-state index is 12.7. The summed E-state index contributed by atoms with van der Waals surface area (Å²) in [5.74, 6) is 0.687. The monoisotopic (exact) mass is 368 g/mol. The first kappa shape index (κ1) is 19.1. The number of nitrogens with one attached hydrogen (secondary N) is 2. The van der Waals surface area contributed by atoms with Crippen LogP contribution in [0.1, 0.15) is 70.8 Å². The number of nitrogens with zero attached hydrogens (tertiary/aromatic N) is 2. The number of rotatable bonds is 4. The molecule has 0 saturated carbocycles. The van der Waals surface area contributed by atoms with Crippen molar-refractivity contribution in [1.29, 1.82) is 0 Å².